The smallest absolute Gasteiger partial charge is 0.245 e. The van der Waals surface area contributed by atoms with Crippen LogP contribution < -0.4 is 4.74 Å². The Labute approximate surface area is 94.1 Å². The van der Waals surface area contributed by atoms with Crippen molar-refractivity contribution >= 4 is 5.91 Å². The second kappa shape index (κ2) is 5.90. The second-order valence-electron chi connectivity index (χ2n) is 3.24. The normalized spacial score (nSPS) is 9.62. The van der Waals surface area contributed by atoms with Crippen LogP contribution in [0, 0.1) is 5.82 Å². The number of para-hydroxylation sites is 1. The number of hydrogen-bond acceptors (Lipinski definition) is 2. The average molecular weight is 223 g/mol. The quantitative estimate of drug-likeness (QED) is 0.713. The topological polar surface area (TPSA) is 29.5 Å². The molecular formula is C12H14FNO2. The molecule has 16 heavy (non-hydrogen) atoms. The van der Waals surface area contributed by atoms with Gasteiger partial charge in [-0.15, -0.1) is 0 Å². The molecule has 1 amide bonds. The number of halogens is 1. The molecule has 0 saturated heterocycles. The number of nitrogens with zero attached hydrogens (tertiary/aromatic N) is 1. The first kappa shape index (κ1) is 12.2. The van der Waals surface area contributed by atoms with Crippen LogP contribution >= 0.6 is 0 Å². The number of carbonyl (C=O) groups is 1. The molecule has 1 rings (SSSR count). The third-order valence-corrected chi connectivity index (χ3v) is 2.07. The molecule has 1 aromatic carbocycles. The predicted octanol–water partition coefficient (Wildman–Crippen LogP) is 1.85. The largest absolute Gasteiger partial charge is 0.489 e. The summed E-state index contributed by atoms with van der Waals surface area (Å²) in [4.78, 5) is 12.6. The van der Waals surface area contributed by atoms with E-state index in [9.17, 15) is 9.18 Å². The number of benzene rings is 1. The molecule has 0 atom stereocenters. The van der Waals surface area contributed by atoms with Crippen LogP contribution in [-0.2, 0) is 4.79 Å². The summed E-state index contributed by atoms with van der Waals surface area (Å²) in [6.45, 7) is 4.01. The Morgan fingerprint density at radius 1 is 1.56 bits per heavy atom. The molecule has 86 valence electrons. The van der Waals surface area contributed by atoms with Gasteiger partial charge in [0.15, 0.2) is 11.6 Å². The van der Waals surface area contributed by atoms with Crippen LogP contribution in [-0.4, -0.2) is 31.0 Å². The van der Waals surface area contributed by atoms with Gasteiger partial charge in [-0.25, -0.2) is 4.39 Å². The number of carbonyl (C=O) groups excluding carboxylic acids is 1. The van der Waals surface area contributed by atoms with Crippen LogP contribution in [0.2, 0.25) is 0 Å². The standard InChI is InChI=1S/C12H14FNO2/c1-3-12(15)14(2)8-9-16-11-7-5-4-6-10(11)13/h3-7H,1,8-9H2,2H3. The first-order chi connectivity index (χ1) is 7.65. The van der Waals surface area contributed by atoms with E-state index in [1.807, 2.05) is 0 Å². The Kier molecular flexibility index (Phi) is 4.51. The molecule has 0 aliphatic heterocycles. The van der Waals surface area contributed by atoms with Crippen molar-refractivity contribution in [2.45, 2.75) is 0 Å². The minimum atomic E-state index is -0.403. The Balaban J connectivity index is 2.39. The van der Waals surface area contributed by atoms with Crippen LogP contribution in [0.25, 0.3) is 0 Å². The zero-order valence-corrected chi connectivity index (χ0v) is 9.15. The summed E-state index contributed by atoms with van der Waals surface area (Å²) in [6, 6.07) is 6.16. The maximum absolute atomic E-state index is 13.1. The lowest BCUT2D eigenvalue weighted by Crippen LogP contribution is -2.29. The summed E-state index contributed by atoms with van der Waals surface area (Å²) in [5.74, 6) is -0.390. The van der Waals surface area contributed by atoms with Gasteiger partial charge in [0.05, 0.1) is 6.54 Å². The van der Waals surface area contributed by atoms with Crippen molar-refractivity contribution in [3.8, 4) is 5.75 Å². The fourth-order valence-corrected chi connectivity index (χ4v) is 1.12. The van der Waals surface area contributed by atoms with Gasteiger partial charge in [-0.2, -0.15) is 0 Å². The number of ether oxygens (including phenoxy) is 1. The van der Waals surface area contributed by atoms with Crippen molar-refractivity contribution in [2.24, 2.45) is 0 Å². The minimum absolute atomic E-state index is 0.183. The molecule has 0 spiro atoms. The molecule has 0 fully saturated rings. The molecule has 0 N–H and O–H groups in total. The number of amides is 1. The van der Waals surface area contributed by atoms with Gasteiger partial charge in [0, 0.05) is 7.05 Å². The van der Waals surface area contributed by atoms with E-state index in [0.29, 0.717) is 6.54 Å². The van der Waals surface area contributed by atoms with E-state index in [2.05, 4.69) is 6.58 Å². The summed E-state index contributed by atoms with van der Waals surface area (Å²) < 4.78 is 18.3. The molecule has 3 nitrogen and oxygen atoms in total. The summed E-state index contributed by atoms with van der Waals surface area (Å²) >= 11 is 0. The lowest BCUT2D eigenvalue weighted by atomic mass is 10.3. The maximum atomic E-state index is 13.1. The molecule has 1 aromatic rings. The van der Waals surface area contributed by atoms with E-state index in [1.54, 1.807) is 25.2 Å². The third kappa shape index (κ3) is 3.38. The lowest BCUT2D eigenvalue weighted by Gasteiger charge is -2.15. The molecule has 0 bridgehead atoms. The molecule has 0 aliphatic carbocycles. The Morgan fingerprint density at radius 2 is 2.25 bits per heavy atom. The highest BCUT2D eigenvalue weighted by atomic mass is 19.1. The van der Waals surface area contributed by atoms with Crippen molar-refractivity contribution in [1.82, 2.24) is 4.90 Å². The summed E-state index contributed by atoms with van der Waals surface area (Å²) in [5.41, 5.74) is 0. The Morgan fingerprint density at radius 3 is 2.88 bits per heavy atom. The van der Waals surface area contributed by atoms with Crippen molar-refractivity contribution in [3.63, 3.8) is 0 Å². The van der Waals surface area contributed by atoms with Gasteiger partial charge in [0.25, 0.3) is 0 Å². The van der Waals surface area contributed by atoms with Gasteiger partial charge in [0.2, 0.25) is 5.91 Å². The predicted molar refractivity (Wildman–Crippen MR) is 59.7 cm³/mol. The first-order valence-electron chi connectivity index (χ1n) is 4.90. The van der Waals surface area contributed by atoms with Crippen molar-refractivity contribution in [2.75, 3.05) is 20.2 Å². The van der Waals surface area contributed by atoms with Crippen LogP contribution in [0.15, 0.2) is 36.9 Å². The van der Waals surface area contributed by atoms with Crippen LogP contribution in [0.3, 0.4) is 0 Å². The first-order valence-corrected chi connectivity index (χ1v) is 4.90. The van der Waals surface area contributed by atoms with Crippen LogP contribution in [0.4, 0.5) is 4.39 Å². The minimum Gasteiger partial charge on any atom is -0.489 e. The summed E-state index contributed by atoms with van der Waals surface area (Å²) in [6.07, 6.45) is 1.23. The van der Waals surface area contributed by atoms with E-state index >= 15 is 0 Å². The highest BCUT2D eigenvalue weighted by molar-refractivity contribution is 5.86. The Hall–Kier alpha value is -1.84. The van der Waals surface area contributed by atoms with Crippen molar-refractivity contribution in [1.29, 1.82) is 0 Å². The molecular weight excluding hydrogens is 209 g/mol. The van der Waals surface area contributed by atoms with Gasteiger partial charge in [0.1, 0.15) is 6.61 Å². The molecule has 0 aliphatic rings. The average Bonchev–Trinajstić information content (AvgIpc) is 2.30. The summed E-state index contributed by atoms with van der Waals surface area (Å²) in [7, 11) is 1.63. The molecule has 0 aromatic heterocycles. The lowest BCUT2D eigenvalue weighted by molar-refractivity contribution is -0.125. The van der Waals surface area contributed by atoms with Gasteiger partial charge in [-0.1, -0.05) is 18.7 Å². The van der Waals surface area contributed by atoms with Gasteiger partial charge in [-0.3, -0.25) is 4.79 Å². The second-order valence-corrected chi connectivity index (χ2v) is 3.24. The summed E-state index contributed by atoms with van der Waals surface area (Å²) in [5, 5.41) is 0. The van der Waals surface area contributed by atoms with Gasteiger partial charge >= 0.3 is 0 Å². The van der Waals surface area contributed by atoms with Crippen molar-refractivity contribution in [3.05, 3.63) is 42.7 Å². The van der Waals surface area contributed by atoms with Crippen LogP contribution in [0.1, 0.15) is 0 Å². The molecule has 0 radical (unpaired) electrons. The van der Waals surface area contributed by atoms with Crippen molar-refractivity contribution < 1.29 is 13.9 Å². The fraction of sp³-hybridized carbons (Fsp3) is 0.250. The van der Waals surface area contributed by atoms with E-state index < -0.39 is 5.82 Å². The maximum Gasteiger partial charge on any atom is 0.245 e. The van der Waals surface area contributed by atoms with E-state index in [-0.39, 0.29) is 18.3 Å². The molecule has 0 saturated carbocycles. The number of hydrogen-bond donors (Lipinski definition) is 0. The van der Waals surface area contributed by atoms with Crippen LogP contribution in [0.5, 0.6) is 5.75 Å². The van der Waals surface area contributed by atoms with E-state index in [4.69, 9.17) is 4.74 Å². The highest BCUT2D eigenvalue weighted by Crippen LogP contribution is 2.14. The highest BCUT2D eigenvalue weighted by Gasteiger charge is 2.05. The zero-order valence-electron chi connectivity index (χ0n) is 9.15. The monoisotopic (exact) mass is 223 g/mol. The molecule has 4 heteroatoms. The number of rotatable bonds is 5. The SMILES string of the molecule is C=CC(=O)N(C)CCOc1ccccc1F. The number of likely N-dealkylation sites (N-methyl/N-ethyl adjacent to an activating group) is 1. The third-order valence-electron chi connectivity index (χ3n) is 2.07. The van der Waals surface area contributed by atoms with E-state index in [1.165, 1.54) is 17.0 Å². The Bertz CT molecular complexity index is 379. The van der Waals surface area contributed by atoms with Gasteiger partial charge < -0.3 is 9.64 Å². The van der Waals surface area contributed by atoms with Gasteiger partial charge in [-0.05, 0) is 18.2 Å². The van der Waals surface area contributed by atoms with E-state index in [0.717, 1.165) is 0 Å². The fourth-order valence-electron chi connectivity index (χ4n) is 1.12. The zero-order chi connectivity index (χ0) is 12.0. The molecule has 0 unspecified atom stereocenters. The molecule has 0 heterocycles.